The second-order valence-corrected chi connectivity index (χ2v) is 6.24. The first-order valence-electron chi connectivity index (χ1n) is 8.87. The van der Waals surface area contributed by atoms with Gasteiger partial charge in [-0.2, -0.15) is 4.91 Å². The minimum Gasteiger partial charge on any atom is -0.491 e. The van der Waals surface area contributed by atoms with Gasteiger partial charge in [0.15, 0.2) is 0 Å². The van der Waals surface area contributed by atoms with E-state index in [4.69, 9.17) is 9.72 Å². The Morgan fingerprint density at radius 2 is 1.92 bits per heavy atom. The second kappa shape index (κ2) is 8.43. The van der Waals surface area contributed by atoms with Crippen LogP contribution < -0.4 is 10.1 Å². The number of pyridine rings is 1. The number of rotatable bonds is 8. The second-order valence-electron chi connectivity index (χ2n) is 6.24. The molecule has 0 spiro atoms. The van der Waals surface area contributed by atoms with Crippen molar-refractivity contribution in [3.63, 3.8) is 0 Å². The largest absolute Gasteiger partial charge is 0.491 e. The van der Waals surface area contributed by atoms with Crippen LogP contribution in [0.15, 0.2) is 59.8 Å². The van der Waals surface area contributed by atoms with Crippen LogP contribution in [-0.4, -0.2) is 24.7 Å². The van der Waals surface area contributed by atoms with Crippen molar-refractivity contribution in [2.45, 2.75) is 25.8 Å². The lowest BCUT2D eigenvalue weighted by atomic mass is 10.1. The fourth-order valence-corrected chi connectivity index (χ4v) is 2.85. The molecule has 5 heteroatoms. The van der Waals surface area contributed by atoms with Crippen LogP contribution in [0.1, 0.15) is 19.8 Å². The van der Waals surface area contributed by atoms with Gasteiger partial charge in [-0.25, -0.2) is 4.98 Å². The summed E-state index contributed by atoms with van der Waals surface area (Å²) in [5, 5.41) is 7.24. The van der Waals surface area contributed by atoms with E-state index >= 15 is 0 Å². The molecule has 0 aliphatic heterocycles. The van der Waals surface area contributed by atoms with Crippen molar-refractivity contribution in [2.75, 3.05) is 19.0 Å². The molecule has 1 atom stereocenters. The van der Waals surface area contributed by atoms with Gasteiger partial charge in [-0.05, 0) is 42.8 Å². The summed E-state index contributed by atoms with van der Waals surface area (Å²) >= 11 is 0. The highest BCUT2D eigenvalue weighted by molar-refractivity contribution is 5.83. The molecule has 134 valence electrons. The minimum absolute atomic E-state index is 0.295. The Morgan fingerprint density at radius 1 is 1.12 bits per heavy atom. The van der Waals surface area contributed by atoms with Crippen molar-refractivity contribution in [1.82, 2.24) is 4.98 Å². The number of hydrogen-bond acceptors (Lipinski definition) is 5. The number of ether oxygens (including phenoxy) is 1. The zero-order valence-electron chi connectivity index (χ0n) is 15.1. The van der Waals surface area contributed by atoms with Crippen LogP contribution in [-0.2, 0) is 0 Å². The van der Waals surface area contributed by atoms with Crippen LogP contribution >= 0.6 is 0 Å². The van der Waals surface area contributed by atoms with Crippen LogP contribution in [0.3, 0.4) is 0 Å². The number of fused-ring (bicyclic) bond motifs is 1. The topological polar surface area (TPSA) is 63.6 Å². The van der Waals surface area contributed by atoms with E-state index in [1.807, 2.05) is 56.4 Å². The highest BCUT2D eigenvalue weighted by atomic mass is 16.5. The molecule has 0 saturated heterocycles. The van der Waals surface area contributed by atoms with E-state index in [2.05, 4.69) is 22.6 Å². The molecule has 0 radical (unpaired) electrons. The highest BCUT2D eigenvalue weighted by Gasteiger charge is 2.09. The Morgan fingerprint density at radius 3 is 2.62 bits per heavy atom. The zero-order valence-corrected chi connectivity index (χ0v) is 15.1. The van der Waals surface area contributed by atoms with Gasteiger partial charge in [0.2, 0.25) is 0 Å². The average molecular weight is 349 g/mol. The Bertz CT molecular complexity index is 878. The van der Waals surface area contributed by atoms with Crippen molar-refractivity contribution in [3.05, 3.63) is 59.5 Å². The third kappa shape index (κ3) is 4.17. The molecule has 5 nitrogen and oxygen atoms in total. The summed E-state index contributed by atoms with van der Waals surface area (Å²) in [4.78, 5) is 15.5. The first-order valence-corrected chi connectivity index (χ1v) is 8.87. The van der Waals surface area contributed by atoms with Crippen molar-refractivity contribution >= 4 is 16.6 Å². The molecular weight excluding hydrogens is 326 g/mol. The van der Waals surface area contributed by atoms with Crippen molar-refractivity contribution in [3.8, 4) is 17.0 Å². The number of nitrogens with zero attached hydrogens (tertiary/aromatic N) is 2. The van der Waals surface area contributed by atoms with Gasteiger partial charge in [0.05, 0.1) is 11.2 Å². The van der Waals surface area contributed by atoms with Gasteiger partial charge >= 0.3 is 0 Å². The van der Waals surface area contributed by atoms with Gasteiger partial charge in [-0.1, -0.05) is 36.7 Å². The molecule has 3 aromatic rings. The lowest BCUT2D eigenvalue weighted by Crippen LogP contribution is -2.14. The van der Waals surface area contributed by atoms with E-state index in [0.717, 1.165) is 46.4 Å². The van der Waals surface area contributed by atoms with Gasteiger partial charge in [0, 0.05) is 23.7 Å². The molecule has 2 aromatic carbocycles. The van der Waals surface area contributed by atoms with Crippen LogP contribution in [0.25, 0.3) is 22.2 Å². The van der Waals surface area contributed by atoms with Gasteiger partial charge in [0.25, 0.3) is 0 Å². The number of nitroso groups, excluding NO2 is 1. The number of aromatic nitrogens is 1. The molecule has 26 heavy (non-hydrogen) atoms. The molecule has 1 N–H and O–H groups in total. The normalized spacial score (nSPS) is 11.9. The van der Waals surface area contributed by atoms with Crippen molar-refractivity contribution in [2.24, 2.45) is 5.18 Å². The maximum Gasteiger partial charge on any atom is 0.126 e. The predicted molar refractivity (Wildman–Crippen MR) is 107 cm³/mol. The summed E-state index contributed by atoms with van der Waals surface area (Å²) < 4.78 is 5.73. The predicted octanol–water partition coefficient (Wildman–Crippen LogP) is 5.26. The maximum absolute atomic E-state index is 10.8. The van der Waals surface area contributed by atoms with Gasteiger partial charge in [-0.15, -0.1) is 0 Å². The SMILES string of the molecule is CCC[C@H](COc1ccc2nc(-c3ccc(NC)cc3)ccc2c1)N=O. The summed E-state index contributed by atoms with van der Waals surface area (Å²) in [6.45, 7) is 2.34. The average Bonchev–Trinajstić information content (AvgIpc) is 2.70. The summed E-state index contributed by atoms with van der Waals surface area (Å²) in [5.41, 5.74) is 3.99. The minimum atomic E-state index is -0.295. The number of hydrogen-bond donors (Lipinski definition) is 1. The Hall–Kier alpha value is -2.95. The maximum atomic E-state index is 10.8. The van der Waals surface area contributed by atoms with Crippen LogP contribution in [0.2, 0.25) is 0 Å². The molecule has 3 rings (SSSR count). The molecule has 0 saturated carbocycles. The molecule has 0 aliphatic carbocycles. The molecule has 1 heterocycles. The molecular formula is C21H23N3O2. The molecule has 0 amide bonds. The van der Waals surface area contributed by atoms with E-state index in [0.29, 0.717) is 6.61 Å². The van der Waals surface area contributed by atoms with E-state index in [9.17, 15) is 4.91 Å². The Labute approximate surface area is 153 Å². The van der Waals surface area contributed by atoms with Crippen molar-refractivity contribution in [1.29, 1.82) is 0 Å². The van der Waals surface area contributed by atoms with Crippen LogP contribution in [0, 0.1) is 4.91 Å². The van der Waals surface area contributed by atoms with Gasteiger partial charge < -0.3 is 10.1 Å². The number of nitrogens with one attached hydrogen (secondary N) is 1. The third-order valence-corrected chi connectivity index (χ3v) is 4.34. The fourth-order valence-electron chi connectivity index (χ4n) is 2.85. The monoisotopic (exact) mass is 349 g/mol. The summed E-state index contributed by atoms with van der Waals surface area (Å²) in [7, 11) is 1.90. The van der Waals surface area contributed by atoms with Gasteiger partial charge in [0.1, 0.15) is 18.4 Å². The smallest absolute Gasteiger partial charge is 0.126 e. The van der Waals surface area contributed by atoms with E-state index in [1.54, 1.807) is 0 Å². The summed E-state index contributed by atoms with van der Waals surface area (Å²) in [6, 6.07) is 17.7. The van der Waals surface area contributed by atoms with E-state index in [-0.39, 0.29) is 6.04 Å². The molecule has 0 aliphatic rings. The number of benzene rings is 2. The quantitative estimate of drug-likeness (QED) is 0.564. The zero-order chi connectivity index (χ0) is 18.4. The standard InChI is InChI=1S/C21H23N3O2/c1-3-4-18(24-25)14-26-19-10-12-21-16(13-19)7-11-20(23-21)15-5-8-17(22-2)9-6-15/h5-13,18,22H,3-4,14H2,1-2H3/t18-/m1/s1. The summed E-state index contributed by atoms with van der Waals surface area (Å²) in [5.74, 6) is 0.732. The molecule has 0 fully saturated rings. The van der Waals surface area contributed by atoms with Gasteiger partial charge in [-0.3, -0.25) is 0 Å². The lowest BCUT2D eigenvalue weighted by Gasteiger charge is -2.11. The van der Waals surface area contributed by atoms with Crippen molar-refractivity contribution < 1.29 is 4.74 Å². The highest BCUT2D eigenvalue weighted by Crippen LogP contribution is 2.25. The Balaban J connectivity index is 1.77. The summed E-state index contributed by atoms with van der Waals surface area (Å²) in [6.07, 6.45) is 1.66. The third-order valence-electron chi connectivity index (χ3n) is 4.34. The van der Waals surface area contributed by atoms with E-state index < -0.39 is 0 Å². The number of anilines is 1. The Kier molecular flexibility index (Phi) is 5.79. The molecule has 1 aromatic heterocycles. The molecule has 0 unspecified atom stereocenters. The molecule has 0 bridgehead atoms. The first-order chi connectivity index (χ1) is 12.7. The lowest BCUT2D eigenvalue weighted by molar-refractivity contribution is 0.282. The van der Waals surface area contributed by atoms with Crippen LogP contribution in [0.4, 0.5) is 5.69 Å². The van der Waals surface area contributed by atoms with E-state index in [1.165, 1.54) is 0 Å². The first kappa shape index (κ1) is 17.9. The van der Waals surface area contributed by atoms with Crippen LogP contribution in [0.5, 0.6) is 5.75 Å². The fraction of sp³-hybridized carbons (Fsp3) is 0.286.